The van der Waals surface area contributed by atoms with Crippen molar-refractivity contribution in [1.29, 1.82) is 0 Å². The second-order valence-electron chi connectivity index (χ2n) is 4.82. The molecule has 1 aliphatic rings. The van der Waals surface area contributed by atoms with E-state index in [-0.39, 0.29) is 5.54 Å². The Hall–Kier alpha value is -0.0400. The molecule has 0 saturated heterocycles. The molecule has 0 atom stereocenters. The molecule has 1 rings (SSSR count). The summed E-state index contributed by atoms with van der Waals surface area (Å²) >= 11 is 0. The molecular formula is C12H25N. The van der Waals surface area contributed by atoms with Crippen molar-refractivity contribution in [1.82, 2.24) is 0 Å². The number of rotatable bonds is 4. The Kier molecular flexibility index (Phi) is 4.24. The average Bonchev–Trinajstić information content (AvgIpc) is 2.16. The molecule has 0 heterocycles. The maximum absolute atomic E-state index is 6.36. The quantitative estimate of drug-likeness (QED) is 0.709. The minimum absolute atomic E-state index is 0.210. The SMILES string of the molecule is CCCCC1(N)CCC(CC)CC1. The topological polar surface area (TPSA) is 26.0 Å². The largest absolute Gasteiger partial charge is 0.325 e. The fraction of sp³-hybridized carbons (Fsp3) is 1.00. The third-order valence-electron chi connectivity index (χ3n) is 3.71. The summed E-state index contributed by atoms with van der Waals surface area (Å²) in [6, 6.07) is 0. The molecule has 1 aliphatic carbocycles. The Bertz CT molecular complexity index is 134. The molecule has 0 aromatic rings. The van der Waals surface area contributed by atoms with Crippen molar-refractivity contribution in [3.63, 3.8) is 0 Å². The summed E-state index contributed by atoms with van der Waals surface area (Å²) < 4.78 is 0. The summed E-state index contributed by atoms with van der Waals surface area (Å²) in [7, 11) is 0. The second kappa shape index (κ2) is 4.99. The van der Waals surface area contributed by atoms with Gasteiger partial charge in [-0.2, -0.15) is 0 Å². The smallest absolute Gasteiger partial charge is 0.0154 e. The van der Waals surface area contributed by atoms with Gasteiger partial charge in [0.05, 0.1) is 0 Å². The molecule has 0 aliphatic heterocycles. The first kappa shape index (κ1) is 11.0. The molecule has 0 radical (unpaired) electrons. The van der Waals surface area contributed by atoms with Gasteiger partial charge in [0.2, 0.25) is 0 Å². The molecule has 2 N–H and O–H groups in total. The number of hydrogen-bond acceptors (Lipinski definition) is 1. The van der Waals surface area contributed by atoms with Gasteiger partial charge in [-0.3, -0.25) is 0 Å². The van der Waals surface area contributed by atoms with Gasteiger partial charge in [-0.25, -0.2) is 0 Å². The minimum Gasteiger partial charge on any atom is -0.325 e. The molecule has 0 unspecified atom stereocenters. The van der Waals surface area contributed by atoms with Crippen LogP contribution in [0.1, 0.15) is 65.2 Å². The van der Waals surface area contributed by atoms with E-state index in [0.717, 1.165) is 5.92 Å². The van der Waals surface area contributed by atoms with E-state index >= 15 is 0 Å². The summed E-state index contributed by atoms with van der Waals surface area (Å²) in [4.78, 5) is 0. The van der Waals surface area contributed by atoms with Crippen LogP contribution < -0.4 is 5.73 Å². The number of hydrogen-bond donors (Lipinski definition) is 1. The lowest BCUT2D eigenvalue weighted by molar-refractivity contribution is 0.214. The molecule has 78 valence electrons. The van der Waals surface area contributed by atoms with Gasteiger partial charge in [-0.15, -0.1) is 0 Å². The van der Waals surface area contributed by atoms with Crippen molar-refractivity contribution >= 4 is 0 Å². The van der Waals surface area contributed by atoms with Crippen LogP contribution in [0.2, 0.25) is 0 Å². The molecule has 0 spiro atoms. The normalized spacial score (nSPS) is 34.8. The Morgan fingerprint density at radius 2 is 1.85 bits per heavy atom. The highest BCUT2D eigenvalue weighted by molar-refractivity contribution is 4.89. The van der Waals surface area contributed by atoms with Crippen LogP contribution in [0.25, 0.3) is 0 Å². The Balaban J connectivity index is 2.28. The van der Waals surface area contributed by atoms with Crippen LogP contribution in [0.3, 0.4) is 0 Å². The Morgan fingerprint density at radius 3 is 2.31 bits per heavy atom. The second-order valence-corrected chi connectivity index (χ2v) is 4.82. The predicted molar refractivity (Wildman–Crippen MR) is 58.7 cm³/mol. The van der Waals surface area contributed by atoms with Gasteiger partial charge in [-0.1, -0.05) is 33.1 Å². The zero-order valence-corrected chi connectivity index (χ0v) is 9.31. The lowest BCUT2D eigenvalue weighted by atomic mass is 9.74. The average molecular weight is 183 g/mol. The van der Waals surface area contributed by atoms with Gasteiger partial charge in [0.25, 0.3) is 0 Å². The van der Waals surface area contributed by atoms with Crippen molar-refractivity contribution < 1.29 is 0 Å². The molecular weight excluding hydrogens is 158 g/mol. The van der Waals surface area contributed by atoms with Gasteiger partial charge in [0.15, 0.2) is 0 Å². The summed E-state index contributed by atoms with van der Waals surface area (Å²) in [6.45, 7) is 4.56. The first-order valence-electron chi connectivity index (χ1n) is 5.99. The Labute approximate surface area is 83.1 Å². The van der Waals surface area contributed by atoms with Crippen LogP contribution in [-0.4, -0.2) is 5.54 Å². The van der Waals surface area contributed by atoms with E-state index in [1.165, 1.54) is 51.4 Å². The van der Waals surface area contributed by atoms with Crippen molar-refractivity contribution in [2.75, 3.05) is 0 Å². The molecule has 1 fully saturated rings. The maximum atomic E-state index is 6.36. The van der Waals surface area contributed by atoms with Crippen molar-refractivity contribution in [3.8, 4) is 0 Å². The van der Waals surface area contributed by atoms with Crippen LogP contribution in [0.15, 0.2) is 0 Å². The highest BCUT2D eigenvalue weighted by Gasteiger charge is 2.29. The van der Waals surface area contributed by atoms with E-state index < -0.39 is 0 Å². The monoisotopic (exact) mass is 183 g/mol. The zero-order valence-electron chi connectivity index (χ0n) is 9.31. The van der Waals surface area contributed by atoms with E-state index in [9.17, 15) is 0 Å². The van der Waals surface area contributed by atoms with E-state index in [0.29, 0.717) is 0 Å². The lowest BCUT2D eigenvalue weighted by Gasteiger charge is -2.37. The van der Waals surface area contributed by atoms with Crippen LogP contribution in [0.5, 0.6) is 0 Å². The van der Waals surface area contributed by atoms with Gasteiger partial charge in [-0.05, 0) is 38.0 Å². The molecule has 13 heavy (non-hydrogen) atoms. The first-order chi connectivity index (χ1) is 6.20. The molecule has 0 bridgehead atoms. The molecule has 1 saturated carbocycles. The minimum atomic E-state index is 0.210. The van der Waals surface area contributed by atoms with Gasteiger partial charge in [0, 0.05) is 5.54 Å². The fourth-order valence-electron chi connectivity index (χ4n) is 2.44. The molecule has 0 aromatic carbocycles. The van der Waals surface area contributed by atoms with Crippen molar-refractivity contribution in [2.24, 2.45) is 11.7 Å². The molecule has 1 heteroatoms. The summed E-state index contributed by atoms with van der Waals surface area (Å²) in [6.07, 6.45) is 10.5. The fourth-order valence-corrected chi connectivity index (χ4v) is 2.44. The first-order valence-corrected chi connectivity index (χ1v) is 5.99. The number of nitrogens with two attached hydrogens (primary N) is 1. The third kappa shape index (κ3) is 3.30. The standard InChI is InChI=1S/C12H25N/c1-3-5-8-12(13)9-6-11(4-2)7-10-12/h11H,3-10,13H2,1-2H3. The summed E-state index contributed by atoms with van der Waals surface area (Å²) in [5, 5.41) is 0. The van der Waals surface area contributed by atoms with E-state index in [4.69, 9.17) is 5.73 Å². The van der Waals surface area contributed by atoms with Crippen LogP contribution in [0.4, 0.5) is 0 Å². The predicted octanol–water partition coefficient (Wildman–Crippen LogP) is 3.47. The Morgan fingerprint density at radius 1 is 1.23 bits per heavy atom. The van der Waals surface area contributed by atoms with Crippen LogP contribution in [0, 0.1) is 5.92 Å². The van der Waals surface area contributed by atoms with Crippen LogP contribution in [-0.2, 0) is 0 Å². The molecule has 1 nitrogen and oxygen atoms in total. The van der Waals surface area contributed by atoms with Crippen molar-refractivity contribution in [2.45, 2.75) is 70.8 Å². The third-order valence-corrected chi connectivity index (χ3v) is 3.71. The van der Waals surface area contributed by atoms with Crippen LogP contribution >= 0.6 is 0 Å². The lowest BCUT2D eigenvalue weighted by Crippen LogP contribution is -2.43. The zero-order chi connectivity index (χ0) is 9.73. The van der Waals surface area contributed by atoms with Gasteiger partial charge >= 0.3 is 0 Å². The van der Waals surface area contributed by atoms with E-state index in [2.05, 4.69) is 13.8 Å². The van der Waals surface area contributed by atoms with Gasteiger partial charge < -0.3 is 5.73 Å². The highest BCUT2D eigenvalue weighted by Crippen LogP contribution is 2.34. The molecule has 0 aromatic heterocycles. The van der Waals surface area contributed by atoms with E-state index in [1.807, 2.05) is 0 Å². The van der Waals surface area contributed by atoms with Gasteiger partial charge in [0.1, 0.15) is 0 Å². The highest BCUT2D eigenvalue weighted by atomic mass is 14.7. The van der Waals surface area contributed by atoms with Crippen molar-refractivity contribution in [3.05, 3.63) is 0 Å². The summed E-state index contributed by atoms with van der Waals surface area (Å²) in [5.74, 6) is 0.971. The number of unbranched alkanes of at least 4 members (excludes halogenated alkanes) is 1. The maximum Gasteiger partial charge on any atom is 0.0154 e. The molecule has 0 amide bonds. The summed E-state index contributed by atoms with van der Waals surface area (Å²) in [5.41, 5.74) is 6.57. The van der Waals surface area contributed by atoms with E-state index in [1.54, 1.807) is 0 Å².